The van der Waals surface area contributed by atoms with E-state index in [0.717, 1.165) is 22.9 Å². The smallest absolute Gasteiger partial charge is 0.273 e. The highest BCUT2D eigenvalue weighted by Crippen LogP contribution is 2.38. The third kappa shape index (κ3) is 3.77. The molecule has 2 aromatic heterocycles. The highest BCUT2D eigenvalue weighted by Gasteiger charge is 2.25. The van der Waals surface area contributed by atoms with E-state index in [2.05, 4.69) is 41.1 Å². The third-order valence-electron chi connectivity index (χ3n) is 4.88. The number of aromatic nitrogens is 5. The summed E-state index contributed by atoms with van der Waals surface area (Å²) in [5, 5.41) is 21.0. The number of fused-ring (bicyclic) bond motifs is 3. The lowest BCUT2D eigenvalue weighted by Gasteiger charge is -2.29. The fourth-order valence-electron chi connectivity index (χ4n) is 3.46. The first-order valence-corrected chi connectivity index (χ1v) is 9.85. The van der Waals surface area contributed by atoms with Gasteiger partial charge in [-0.3, -0.25) is 9.59 Å². The van der Waals surface area contributed by atoms with Crippen LogP contribution in [-0.2, 0) is 11.3 Å². The van der Waals surface area contributed by atoms with Crippen molar-refractivity contribution in [1.82, 2.24) is 30.3 Å². The second-order valence-electron chi connectivity index (χ2n) is 7.11. The second kappa shape index (κ2) is 8.01. The van der Waals surface area contributed by atoms with E-state index in [1.807, 2.05) is 36.9 Å². The van der Waals surface area contributed by atoms with Gasteiger partial charge in [0.1, 0.15) is 5.82 Å². The van der Waals surface area contributed by atoms with Gasteiger partial charge in [0.2, 0.25) is 5.91 Å². The lowest BCUT2D eigenvalue weighted by molar-refractivity contribution is -0.115. The molecule has 0 bridgehead atoms. The van der Waals surface area contributed by atoms with Gasteiger partial charge in [-0.05, 0) is 19.1 Å². The van der Waals surface area contributed by atoms with Crippen LogP contribution in [0, 0.1) is 6.92 Å². The first-order valence-electron chi connectivity index (χ1n) is 9.85. The standard InChI is InChI=1S/C20H23N9O2/c1-5-17(30)24-15-9-13(18(26-25-15)20(31)21-3)23-12-7-6-8-14-19(12)28(4)10-16-22-11(2)27-29(14)16/h6-9H,5,10H2,1-4H3,(H,21,31)(H2,23,24,25,30). The minimum Gasteiger partial charge on any atom is -0.364 e. The topological polar surface area (TPSA) is 130 Å². The summed E-state index contributed by atoms with van der Waals surface area (Å²) in [5.41, 5.74) is 3.06. The molecule has 11 nitrogen and oxygen atoms in total. The van der Waals surface area contributed by atoms with Gasteiger partial charge in [0, 0.05) is 26.6 Å². The summed E-state index contributed by atoms with van der Waals surface area (Å²) in [4.78, 5) is 30.7. The molecule has 31 heavy (non-hydrogen) atoms. The maximum absolute atomic E-state index is 12.4. The molecule has 3 N–H and O–H groups in total. The van der Waals surface area contributed by atoms with Crippen LogP contribution >= 0.6 is 0 Å². The molecule has 0 saturated heterocycles. The maximum Gasteiger partial charge on any atom is 0.273 e. The lowest BCUT2D eigenvalue weighted by atomic mass is 10.1. The molecule has 1 aromatic carbocycles. The molecule has 1 aliphatic rings. The molecule has 0 unspecified atom stereocenters. The number of nitrogens with zero attached hydrogens (tertiary/aromatic N) is 6. The van der Waals surface area contributed by atoms with Crippen LogP contribution in [0.15, 0.2) is 24.3 Å². The van der Waals surface area contributed by atoms with E-state index >= 15 is 0 Å². The van der Waals surface area contributed by atoms with E-state index in [0.29, 0.717) is 24.5 Å². The zero-order valence-electron chi connectivity index (χ0n) is 17.7. The van der Waals surface area contributed by atoms with E-state index in [1.54, 1.807) is 13.0 Å². The molecule has 0 atom stereocenters. The van der Waals surface area contributed by atoms with Crippen LogP contribution in [0.1, 0.15) is 35.5 Å². The largest absolute Gasteiger partial charge is 0.364 e. The predicted molar refractivity (Wildman–Crippen MR) is 116 cm³/mol. The van der Waals surface area contributed by atoms with Crippen LogP contribution in [0.25, 0.3) is 5.69 Å². The molecule has 0 aliphatic carbocycles. The molecule has 0 radical (unpaired) electrons. The van der Waals surface area contributed by atoms with Gasteiger partial charge in [-0.1, -0.05) is 13.0 Å². The van der Waals surface area contributed by atoms with E-state index in [1.165, 1.54) is 7.05 Å². The van der Waals surface area contributed by atoms with Gasteiger partial charge in [-0.15, -0.1) is 10.2 Å². The fourth-order valence-corrected chi connectivity index (χ4v) is 3.46. The highest BCUT2D eigenvalue weighted by atomic mass is 16.2. The van der Waals surface area contributed by atoms with Crippen LogP contribution in [0.4, 0.5) is 22.9 Å². The van der Waals surface area contributed by atoms with Crippen molar-refractivity contribution in [1.29, 1.82) is 0 Å². The van der Waals surface area contributed by atoms with E-state index in [4.69, 9.17) is 0 Å². The molecular formula is C20H23N9O2. The average molecular weight is 421 g/mol. The van der Waals surface area contributed by atoms with Gasteiger partial charge in [-0.2, -0.15) is 5.10 Å². The van der Waals surface area contributed by atoms with Crippen LogP contribution in [0.5, 0.6) is 0 Å². The van der Waals surface area contributed by atoms with Gasteiger partial charge in [0.15, 0.2) is 17.3 Å². The molecule has 11 heteroatoms. The minimum absolute atomic E-state index is 0.116. The van der Waals surface area contributed by atoms with Gasteiger partial charge >= 0.3 is 0 Å². The SMILES string of the molecule is CCC(=O)Nc1cc(Nc2cccc3c2N(C)Cc2nc(C)nn2-3)c(C(=O)NC)nn1. The maximum atomic E-state index is 12.4. The van der Waals surface area contributed by atoms with Gasteiger partial charge in [0.05, 0.1) is 29.3 Å². The Labute approximate surface area is 178 Å². The number of aryl methyl sites for hydroxylation is 1. The average Bonchev–Trinajstić information content (AvgIpc) is 3.13. The summed E-state index contributed by atoms with van der Waals surface area (Å²) in [7, 11) is 3.49. The van der Waals surface area contributed by atoms with Crippen molar-refractivity contribution in [2.24, 2.45) is 0 Å². The summed E-state index contributed by atoms with van der Waals surface area (Å²) in [5.74, 6) is 1.22. The van der Waals surface area contributed by atoms with Crippen LogP contribution < -0.4 is 20.9 Å². The highest BCUT2D eigenvalue weighted by molar-refractivity contribution is 6.00. The molecule has 0 saturated carbocycles. The fraction of sp³-hybridized carbons (Fsp3) is 0.300. The predicted octanol–water partition coefficient (Wildman–Crippen LogP) is 1.77. The molecule has 1 aliphatic heterocycles. The zero-order valence-corrected chi connectivity index (χ0v) is 17.7. The summed E-state index contributed by atoms with van der Waals surface area (Å²) in [6, 6.07) is 7.36. The number of benzene rings is 1. The monoisotopic (exact) mass is 421 g/mol. The zero-order chi connectivity index (χ0) is 22.1. The van der Waals surface area contributed by atoms with Crippen molar-refractivity contribution in [3.8, 4) is 5.69 Å². The van der Waals surface area contributed by atoms with Crippen molar-refractivity contribution in [2.75, 3.05) is 29.6 Å². The van der Waals surface area contributed by atoms with Crippen molar-refractivity contribution in [2.45, 2.75) is 26.8 Å². The van der Waals surface area contributed by atoms with Gasteiger partial charge in [0.25, 0.3) is 5.91 Å². The summed E-state index contributed by atoms with van der Waals surface area (Å²) in [6.07, 6.45) is 0.304. The number of carbonyl (C=O) groups excluding carboxylic acids is 2. The van der Waals surface area contributed by atoms with Crippen molar-refractivity contribution >= 4 is 34.7 Å². The number of para-hydroxylation sites is 1. The Hall–Kier alpha value is -4.02. The molecule has 0 spiro atoms. The minimum atomic E-state index is -0.393. The van der Waals surface area contributed by atoms with E-state index < -0.39 is 5.91 Å². The van der Waals surface area contributed by atoms with Crippen LogP contribution in [0.2, 0.25) is 0 Å². The molecular weight excluding hydrogens is 398 g/mol. The number of hydrogen-bond donors (Lipinski definition) is 3. The molecule has 4 rings (SSSR count). The first kappa shape index (κ1) is 20.3. The number of anilines is 4. The number of amides is 2. The Kier molecular flexibility index (Phi) is 5.24. The van der Waals surface area contributed by atoms with E-state index in [9.17, 15) is 9.59 Å². The molecule has 0 fully saturated rings. The summed E-state index contributed by atoms with van der Waals surface area (Å²) < 4.78 is 1.83. The summed E-state index contributed by atoms with van der Waals surface area (Å²) >= 11 is 0. The normalized spacial score (nSPS) is 12.1. The van der Waals surface area contributed by atoms with Gasteiger partial charge < -0.3 is 20.9 Å². The number of nitrogens with one attached hydrogen (secondary N) is 3. The molecule has 2 amide bonds. The molecule has 160 valence electrons. The summed E-state index contributed by atoms with van der Waals surface area (Å²) in [6.45, 7) is 4.19. The quantitative estimate of drug-likeness (QED) is 0.568. The van der Waals surface area contributed by atoms with Crippen molar-refractivity contribution in [3.63, 3.8) is 0 Å². The van der Waals surface area contributed by atoms with Gasteiger partial charge in [-0.25, -0.2) is 9.67 Å². The number of carbonyl (C=O) groups is 2. The van der Waals surface area contributed by atoms with Crippen LogP contribution in [-0.4, -0.2) is 50.9 Å². The Morgan fingerprint density at radius 3 is 2.74 bits per heavy atom. The number of rotatable bonds is 5. The Morgan fingerprint density at radius 1 is 1.19 bits per heavy atom. The van der Waals surface area contributed by atoms with E-state index in [-0.39, 0.29) is 17.4 Å². The Bertz CT molecular complexity index is 1170. The van der Waals surface area contributed by atoms with Crippen LogP contribution in [0.3, 0.4) is 0 Å². The Morgan fingerprint density at radius 2 is 2.00 bits per heavy atom. The third-order valence-corrected chi connectivity index (χ3v) is 4.88. The van der Waals surface area contributed by atoms with Crippen molar-refractivity contribution < 1.29 is 9.59 Å². The first-order chi connectivity index (χ1) is 14.9. The molecule has 3 heterocycles. The Balaban J connectivity index is 1.78. The molecule has 3 aromatic rings. The lowest BCUT2D eigenvalue weighted by Crippen LogP contribution is -2.27. The number of hydrogen-bond acceptors (Lipinski definition) is 8. The second-order valence-corrected chi connectivity index (χ2v) is 7.11. The van der Waals surface area contributed by atoms with Crippen molar-refractivity contribution in [3.05, 3.63) is 41.6 Å².